The molecule has 0 radical (unpaired) electrons. The molecule has 0 spiro atoms. The van der Waals surface area contributed by atoms with E-state index in [0.717, 1.165) is 11.1 Å². The van der Waals surface area contributed by atoms with Crippen LogP contribution < -0.4 is 10.6 Å². The number of amides is 3. The zero-order valence-electron chi connectivity index (χ0n) is 23.9. The van der Waals surface area contributed by atoms with Gasteiger partial charge >= 0.3 is 12.1 Å². The average molecular weight is 552 g/mol. The third kappa shape index (κ3) is 9.39. The van der Waals surface area contributed by atoms with Gasteiger partial charge in [0.15, 0.2) is 0 Å². The highest BCUT2D eigenvalue weighted by Crippen LogP contribution is 2.45. The molecule has 1 aliphatic carbocycles. The Hall–Kier alpha value is -3.88. The smallest absolute Gasteiger partial charge is 0.411 e. The maximum absolute atomic E-state index is 13.3. The van der Waals surface area contributed by atoms with Gasteiger partial charge in [0.05, 0.1) is 0 Å². The molecule has 1 saturated carbocycles. The third-order valence-corrected chi connectivity index (χ3v) is 6.58. The highest BCUT2D eigenvalue weighted by Gasteiger charge is 2.46. The van der Waals surface area contributed by atoms with Crippen molar-refractivity contribution in [3.8, 4) is 0 Å². The summed E-state index contributed by atoms with van der Waals surface area (Å²) in [5.74, 6) is -2.14. The van der Waals surface area contributed by atoms with Gasteiger partial charge in [0, 0.05) is 18.4 Å². The van der Waals surface area contributed by atoms with Gasteiger partial charge in [-0.15, -0.1) is 0 Å². The van der Waals surface area contributed by atoms with Gasteiger partial charge < -0.3 is 20.5 Å². The maximum atomic E-state index is 13.3. The van der Waals surface area contributed by atoms with Crippen molar-refractivity contribution in [3.05, 3.63) is 71.8 Å². The lowest BCUT2D eigenvalue weighted by Gasteiger charge is -2.28. The minimum Gasteiger partial charge on any atom is -0.480 e. The predicted molar refractivity (Wildman–Crippen MR) is 152 cm³/mol. The predicted octanol–water partition coefficient (Wildman–Crippen LogP) is 4.12. The van der Waals surface area contributed by atoms with Crippen molar-refractivity contribution in [3.63, 3.8) is 0 Å². The van der Waals surface area contributed by atoms with Crippen LogP contribution in [0.5, 0.6) is 0 Å². The van der Waals surface area contributed by atoms with Crippen LogP contribution in [0, 0.1) is 5.92 Å². The van der Waals surface area contributed by atoms with Crippen molar-refractivity contribution >= 4 is 23.9 Å². The summed E-state index contributed by atoms with van der Waals surface area (Å²) in [5.41, 5.74) is 1.13. The molecule has 4 atom stereocenters. The average Bonchev–Trinajstić information content (AvgIpc) is 3.67. The van der Waals surface area contributed by atoms with Crippen LogP contribution in [0.25, 0.3) is 0 Å². The van der Waals surface area contributed by atoms with Crippen molar-refractivity contribution in [1.82, 2.24) is 15.5 Å². The van der Waals surface area contributed by atoms with E-state index in [-0.39, 0.29) is 37.3 Å². The Labute approximate surface area is 236 Å². The van der Waals surface area contributed by atoms with Gasteiger partial charge in [-0.1, -0.05) is 74.5 Å². The number of benzene rings is 2. The minimum absolute atomic E-state index is 0.0436. The first kappa shape index (κ1) is 30.7. The van der Waals surface area contributed by atoms with Gasteiger partial charge in [-0.05, 0) is 50.7 Å². The monoisotopic (exact) mass is 551 g/mol. The number of carboxylic acids is 1. The second-order valence-corrected chi connectivity index (χ2v) is 11.8. The number of nitrogens with zero attached hydrogens (tertiary/aromatic N) is 1. The van der Waals surface area contributed by atoms with E-state index < -0.39 is 41.6 Å². The summed E-state index contributed by atoms with van der Waals surface area (Å²) in [4.78, 5) is 53.0. The lowest BCUT2D eigenvalue weighted by molar-refractivity contribution is -0.142. The molecule has 1 fully saturated rings. The van der Waals surface area contributed by atoms with E-state index >= 15 is 0 Å². The molecule has 0 bridgehead atoms. The highest BCUT2D eigenvalue weighted by atomic mass is 16.6. The van der Waals surface area contributed by atoms with Gasteiger partial charge in [-0.2, -0.15) is 0 Å². The molecule has 3 amide bonds. The van der Waals surface area contributed by atoms with Crippen LogP contribution in [-0.4, -0.2) is 64.2 Å². The summed E-state index contributed by atoms with van der Waals surface area (Å²) < 4.78 is 5.61. The number of nitrogens with one attached hydrogen (secondary N) is 2. The number of carboxylic acid groups (broad SMARTS) is 1. The van der Waals surface area contributed by atoms with E-state index in [1.807, 2.05) is 74.5 Å². The maximum Gasteiger partial charge on any atom is 0.411 e. The fourth-order valence-electron chi connectivity index (χ4n) is 4.64. The van der Waals surface area contributed by atoms with Crippen LogP contribution >= 0.6 is 0 Å². The molecule has 0 aromatic heterocycles. The normalized spacial score (nSPS) is 17.9. The summed E-state index contributed by atoms with van der Waals surface area (Å²) in [6.45, 7) is 8.74. The Bertz CT molecular complexity index is 1160. The van der Waals surface area contributed by atoms with Crippen molar-refractivity contribution in [2.75, 3.05) is 6.54 Å². The number of hydrogen-bond donors (Lipinski definition) is 3. The lowest BCUT2D eigenvalue weighted by Crippen LogP contribution is -2.54. The molecule has 40 heavy (non-hydrogen) atoms. The molecule has 0 saturated heterocycles. The van der Waals surface area contributed by atoms with Crippen molar-refractivity contribution in [2.24, 2.45) is 5.92 Å². The molecule has 9 nitrogen and oxygen atoms in total. The van der Waals surface area contributed by atoms with Crippen LogP contribution in [0.15, 0.2) is 60.7 Å². The molecule has 0 heterocycles. The van der Waals surface area contributed by atoms with E-state index in [1.54, 1.807) is 20.8 Å². The Morgan fingerprint density at radius 1 is 0.950 bits per heavy atom. The largest absolute Gasteiger partial charge is 0.480 e. The van der Waals surface area contributed by atoms with E-state index in [1.165, 1.54) is 4.90 Å². The van der Waals surface area contributed by atoms with E-state index in [2.05, 4.69) is 10.6 Å². The minimum atomic E-state index is -1.14. The van der Waals surface area contributed by atoms with Crippen LogP contribution in [0.4, 0.5) is 4.79 Å². The second kappa shape index (κ2) is 13.5. The van der Waals surface area contributed by atoms with Gasteiger partial charge in [-0.3, -0.25) is 14.5 Å². The van der Waals surface area contributed by atoms with Gasteiger partial charge in [0.2, 0.25) is 11.8 Å². The molecule has 3 N–H and O–H groups in total. The van der Waals surface area contributed by atoms with E-state index in [9.17, 15) is 24.3 Å². The SMILES string of the molecule is CC(C)C[C@@H](NC(=O)[C@@H](Cc1ccccc1)NC(=O)CN(C(=O)OC(C)(C)C)C1C[C@@H]1c1ccccc1)C(=O)O. The topological polar surface area (TPSA) is 125 Å². The molecule has 0 aliphatic heterocycles. The van der Waals surface area contributed by atoms with E-state index in [4.69, 9.17) is 4.74 Å². The van der Waals surface area contributed by atoms with Crippen LogP contribution in [-0.2, 0) is 25.5 Å². The summed E-state index contributed by atoms with van der Waals surface area (Å²) in [6, 6.07) is 16.6. The quantitative estimate of drug-likeness (QED) is 0.364. The first-order chi connectivity index (χ1) is 18.8. The van der Waals surface area contributed by atoms with E-state index in [0.29, 0.717) is 6.42 Å². The highest BCUT2D eigenvalue weighted by molar-refractivity contribution is 5.92. The Morgan fingerprint density at radius 3 is 2.10 bits per heavy atom. The second-order valence-electron chi connectivity index (χ2n) is 11.8. The fraction of sp³-hybridized carbons (Fsp3) is 0.484. The molecule has 216 valence electrons. The number of aliphatic carboxylic acids is 1. The van der Waals surface area contributed by atoms with Crippen molar-refractivity contribution in [1.29, 1.82) is 0 Å². The molecule has 2 aromatic carbocycles. The standard InChI is InChI=1S/C31H41N3O6/c1-20(2)16-25(29(37)38)33-28(36)24(17-21-12-8-6-9-13-21)32-27(35)19-34(30(39)40-31(3,4)5)26-18-23(26)22-14-10-7-11-15-22/h6-15,20,23-26H,16-19H2,1-5H3,(H,32,35)(H,33,36)(H,37,38)/t23-,24-,25-,26?/m1/s1. The Balaban J connectivity index is 1.78. The van der Waals surface area contributed by atoms with Crippen molar-refractivity contribution < 1.29 is 29.0 Å². The summed E-state index contributed by atoms with van der Waals surface area (Å²) in [7, 11) is 0. The molecular weight excluding hydrogens is 510 g/mol. The number of hydrogen-bond acceptors (Lipinski definition) is 5. The Morgan fingerprint density at radius 2 is 1.55 bits per heavy atom. The molecule has 2 aromatic rings. The van der Waals surface area contributed by atoms with Crippen LogP contribution in [0.2, 0.25) is 0 Å². The first-order valence-electron chi connectivity index (χ1n) is 13.7. The summed E-state index contributed by atoms with van der Waals surface area (Å²) in [6.07, 6.45) is 0.509. The first-order valence-corrected chi connectivity index (χ1v) is 13.7. The van der Waals surface area contributed by atoms with Crippen LogP contribution in [0.1, 0.15) is 64.5 Å². The van der Waals surface area contributed by atoms with Gasteiger partial charge in [0.25, 0.3) is 0 Å². The van der Waals surface area contributed by atoms with Crippen LogP contribution in [0.3, 0.4) is 0 Å². The van der Waals surface area contributed by atoms with Gasteiger partial charge in [0.1, 0.15) is 24.2 Å². The van der Waals surface area contributed by atoms with Gasteiger partial charge in [-0.25, -0.2) is 9.59 Å². The Kier molecular flexibility index (Phi) is 10.3. The van der Waals surface area contributed by atoms with Crippen molar-refractivity contribution in [2.45, 2.75) is 83.5 Å². The number of ether oxygens (including phenoxy) is 1. The summed E-state index contributed by atoms with van der Waals surface area (Å²) in [5, 5.41) is 15.0. The molecular formula is C31H41N3O6. The number of rotatable bonds is 12. The zero-order valence-corrected chi connectivity index (χ0v) is 23.9. The zero-order chi connectivity index (χ0) is 29.4. The number of carbonyl (C=O) groups is 4. The molecule has 1 unspecified atom stereocenters. The third-order valence-electron chi connectivity index (χ3n) is 6.58. The summed E-state index contributed by atoms with van der Waals surface area (Å²) >= 11 is 0. The molecule has 9 heteroatoms. The molecule has 3 rings (SSSR count). The molecule has 1 aliphatic rings. The lowest BCUT2D eigenvalue weighted by atomic mass is 10.0. The number of carbonyl (C=O) groups excluding carboxylic acids is 3. The fourth-order valence-corrected chi connectivity index (χ4v) is 4.64.